The lowest BCUT2D eigenvalue weighted by Crippen LogP contribution is -2.19. The Labute approximate surface area is 99.1 Å². The highest BCUT2D eigenvalue weighted by Gasteiger charge is 2.25. The highest BCUT2D eigenvalue weighted by atomic mass is 16.5. The van der Waals surface area contributed by atoms with Crippen LogP contribution in [-0.2, 0) is 11.3 Å². The van der Waals surface area contributed by atoms with Crippen LogP contribution in [0.15, 0.2) is 12.3 Å². The second-order valence-corrected chi connectivity index (χ2v) is 4.28. The fourth-order valence-corrected chi connectivity index (χ4v) is 2.19. The van der Waals surface area contributed by atoms with Crippen LogP contribution < -0.4 is 10.1 Å². The van der Waals surface area contributed by atoms with Crippen LogP contribution in [0.1, 0.15) is 28.8 Å². The molecule has 5 nitrogen and oxygen atoms in total. The number of nitrogens with zero attached hydrogens (tertiary/aromatic N) is 1. The van der Waals surface area contributed by atoms with E-state index in [2.05, 4.69) is 10.3 Å². The Morgan fingerprint density at radius 3 is 3.35 bits per heavy atom. The summed E-state index contributed by atoms with van der Waals surface area (Å²) in [6, 6.07) is 1.84. The number of rotatable bonds is 3. The monoisotopic (exact) mass is 234 g/mol. The van der Waals surface area contributed by atoms with E-state index in [1.165, 1.54) is 0 Å². The first-order chi connectivity index (χ1) is 8.34. The smallest absolute Gasteiger partial charge is 0.257 e. The van der Waals surface area contributed by atoms with Crippen LogP contribution in [0.3, 0.4) is 0 Å². The summed E-state index contributed by atoms with van der Waals surface area (Å²) in [7, 11) is 0. The van der Waals surface area contributed by atoms with Crippen molar-refractivity contribution in [3.8, 4) is 5.88 Å². The molecule has 1 unspecified atom stereocenters. The molecular weight excluding hydrogens is 220 g/mol. The molecule has 1 aromatic rings. The van der Waals surface area contributed by atoms with E-state index in [9.17, 15) is 4.79 Å². The normalized spacial score (nSPS) is 22.4. The van der Waals surface area contributed by atoms with Crippen LogP contribution in [0.25, 0.3) is 0 Å². The lowest BCUT2D eigenvalue weighted by atomic mass is 10.2. The number of carbonyl (C=O) groups is 1. The van der Waals surface area contributed by atoms with E-state index in [1.54, 1.807) is 6.20 Å². The summed E-state index contributed by atoms with van der Waals surface area (Å²) in [5.74, 6) is 0.323. The van der Waals surface area contributed by atoms with Crippen LogP contribution in [0.2, 0.25) is 0 Å². The summed E-state index contributed by atoms with van der Waals surface area (Å²) in [4.78, 5) is 15.7. The van der Waals surface area contributed by atoms with Crippen molar-refractivity contribution in [1.29, 1.82) is 0 Å². The molecule has 2 aliphatic heterocycles. The quantitative estimate of drug-likeness (QED) is 0.843. The van der Waals surface area contributed by atoms with Gasteiger partial charge in [0, 0.05) is 19.3 Å². The summed E-state index contributed by atoms with van der Waals surface area (Å²) < 4.78 is 11.1. The van der Waals surface area contributed by atoms with Gasteiger partial charge in [0.05, 0.1) is 6.10 Å². The van der Waals surface area contributed by atoms with Gasteiger partial charge in [0.1, 0.15) is 12.2 Å². The van der Waals surface area contributed by atoms with E-state index < -0.39 is 0 Å². The van der Waals surface area contributed by atoms with Crippen LogP contribution in [0.5, 0.6) is 5.88 Å². The molecule has 17 heavy (non-hydrogen) atoms. The van der Waals surface area contributed by atoms with Gasteiger partial charge in [0.2, 0.25) is 5.88 Å². The number of ether oxygens (including phenoxy) is 2. The molecule has 1 N–H and O–H groups in total. The zero-order valence-corrected chi connectivity index (χ0v) is 9.44. The Morgan fingerprint density at radius 2 is 2.53 bits per heavy atom. The highest BCUT2D eigenvalue weighted by molar-refractivity contribution is 6.00. The standard InChI is InChI=1S/C12H14N2O3/c15-11-10-8(6-14-11)3-4-13-12(10)17-7-9-2-1-5-16-9/h3-4,9H,1-2,5-7H2,(H,14,15). The number of pyridine rings is 1. The second-order valence-electron chi connectivity index (χ2n) is 4.28. The van der Waals surface area contributed by atoms with Gasteiger partial charge in [-0.2, -0.15) is 0 Å². The number of hydrogen-bond acceptors (Lipinski definition) is 4. The van der Waals surface area contributed by atoms with Crippen molar-refractivity contribution >= 4 is 5.91 Å². The average Bonchev–Trinajstić information content (AvgIpc) is 2.97. The van der Waals surface area contributed by atoms with Gasteiger partial charge < -0.3 is 14.8 Å². The number of amides is 1. The lowest BCUT2D eigenvalue weighted by molar-refractivity contribution is 0.0655. The predicted molar refractivity (Wildman–Crippen MR) is 59.9 cm³/mol. The molecule has 0 bridgehead atoms. The third kappa shape index (κ3) is 1.98. The van der Waals surface area contributed by atoms with Gasteiger partial charge in [-0.05, 0) is 24.5 Å². The summed E-state index contributed by atoms with van der Waals surface area (Å²) in [5, 5.41) is 2.76. The molecule has 1 fully saturated rings. The molecule has 0 spiro atoms. The molecule has 90 valence electrons. The van der Waals surface area contributed by atoms with Crippen molar-refractivity contribution in [2.75, 3.05) is 13.2 Å². The van der Waals surface area contributed by atoms with Gasteiger partial charge in [-0.15, -0.1) is 0 Å². The molecule has 1 saturated heterocycles. The Kier molecular flexibility index (Phi) is 2.68. The number of aromatic nitrogens is 1. The van der Waals surface area contributed by atoms with Crippen LogP contribution in [0, 0.1) is 0 Å². The summed E-state index contributed by atoms with van der Waals surface area (Å²) in [6.07, 6.45) is 3.90. The van der Waals surface area contributed by atoms with Gasteiger partial charge >= 0.3 is 0 Å². The molecule has 1 atom stereocenters. The minimum Gasteiger partial charge on any atom is -0.474 e. The predicted octanol–water partition coefficient (Wildman–Crippen LogP) is 0.883. The van der Waals surface area contributed by atoms with Crippen LogP contribution in [-0.4, -0.2) is 30.2 Å². The number of nitrogens with one attached hydrogen (secondary N) is 1. The largest absolute Gasteiger partial charge is 0.474 e. The Hall–Kier alpha value is -1.62. The van der Waals surface area contributed by atoms with Gasteiger partial charge in [0.25, 0.3) is 5.91 Å². The first-order valence-electron chi connectivity index (χ1n) is 5.85. The van der Waals surface area contributed by atoms with Crippen molar-refractivity contribution in [2.24, 2.45) is 0 Å². The molecule has 2 aliphatic rings. The number of carbonyl (C=O) groups excluding carboxylic acids is 1. The topological polar surface area (TPSA) is 60.5 Å². The second kappa shape index (κ2) is 4.33. The molecule has 5 heteroatoms. The van der Waals surface area contributed by atoms with E-state index >= 15 is 0 Å². The zero-order chi connectivity index (χ0) is 11.7. The highest BCUT2D eigenvalue weighted by Crippen LogP contribution is 2.24. The van der Waals surface area contributed by atoms with Crippen molar-refractivity contribution in [1.82, 2.24) is 10.3 Å². The van der Waals surface area contributed by atoms with Gasteiger partial charge in [-0.25, -0.2) is 4.98 Å². The van der Waals surface area contributed by atoms with E-state index in [1.807, 2.05) is 6.07 Å². The average molecular weight is 234 g/mol. The molecule has 0 aromatic carbocycles. The molecule has 0 aliphatic carbocycles. The van der Waals surface area contributed by atoms with Gasteiger partial charge in [-0.3, -0.25) is 4.79 Å². The maximum absolute atomic E-state index is 11.6. The zero-order valence-electron chi connectivity index (χ0n) is 9.44. The minimum atomic E-state index is -0.101. The Balaban J connectivity index is 1.74. The fraction of sp³-hybridized carbons (Fsp3) is 0.500. The van der Waals surface area contributed by atoms with Gasteiger partial charge in [0.15, 0.2) is 0 Å². The van der Waals surface area contributed by atoms with E-state index in [-0.39, 0.29) is 12.0 Å². The van der Waals surface area contributed by atoms with Crippen LogP contribution in [0.4, 0.5) is 0 Å². The van der Waals surface area contributed by atoms with E-state index in [0.29, 0.717) is 24.6 Å². The minimum absolute atomic E-state index is 0.101. The SMILES string of the molecule is O=C1NCc2ccnc(OCC3CCCO3)c21. The summed E-state index contributed by atoms with van der Waals surface area (Å²) >= 11 is 0. The maximum Gasteiger partial charge on any atom is 0.257 e. The van der Waals surface area contributed by atoms with Crippen LogP contribution >= 0.6 is 0 Å². The molecule has 1 amide bonds. The summed E-state index contributed by atoms with van der Waals surface area (Å²) in [5.41, 5.74) is 1.53. The van der Waals surface area contributed by atoms with Crippen molar-refractivity contribution < 1.29 is 14.3 Å². The maximum atomic E-state index is 11.6. The summed E-state index contributed by atoms with van der Waals surface area (Å²) in [6.45, 7) is 1.83. The first-order valence-corrected chi connectivity index (χ1v) is 5.85. The third-order valence-electron chi connectivity index (χ3n) is 3.10. The molecule has 3 rings (SSSR count). The molecule has 0 saturated carbocycles. The van der Waals surface area contributed by atoms with E-state index in [0.717, 1.165) is 25.0 Å². The molecule has 3 heterocycles. The molecule has 0 radical (unpaired) electrons. The van der Waals surface area contributed by atoms with Crippen molar-refractivity contribution in [3.63, 3.8) is 0 Å². The Morgan fingerprint density at radius 1 is 1.59 bits per heavy atom. The van der Waals surface area contributed by atoms with Crippen molar-refractivity contribution in [3.05, 3.63) is 23.4 Å². The molecule has 1 aromatic heterocycles. The lowest BCUT2D eigenvalue weighted by Gasteiger charge is -2.12. The third-order valence-corrected chi connectivity index (χ3v) is 3.10. The molecular formula is C12H14N2O3. The van der Waals surface area contributed by atoms with Gasteiger partial charge in [-0.1, -0.05) is 0 Å². The van der Waals surface area contributed by atoms with Crippen molar-refractivity contribution in [2.45, 2.75) is 25.5 Å². The first kappa shape index (κ1) is 10.5. The Bertz CT molecular complexity index is 441. The number of hydrogen-bond donors (Lipinski definition) is 1. The van der Waals surface area contributed by atoms with E-state index in [4.69, 9.17) is 9.47 Å². The fourth-order valence-electron chi connectivity index (χ4n) is 2.19. The number of fused-ring (bicyclic) bond motifs is 1.